The fraction of sp³-hybridized carbons (Fsp3) is 0.308. The summed E-state index contributed by atoms with van der Waals surface area (Å²) in [5.74, 6) is 1.69. The minimum absolute atomic E-state index is 0.0362. The number of pyridine rings is 1. The first-order chi connectivity index (χ1) is 16.9. The summed E-state index contributed by atoms with van der Waals surface area (Å²) in [5, 5.41) is 2.96. The van der Waals surface area contributed by atoms with Crippen LogP contribution in [0.25, 0.3) is 11.3 Å². The van der Waals surface area contributed by atoms with E-state index < -0.39 is 15.4 Å². The minimum atomic E-state index is -3.53. The molecule has 0 bridgehead atoms. The van der Waals surface area contributed by atoms with Gasteiger partial charge in [-0.15, -0.1) is 0 Å². The molecule has 3 aromatic rings. The third kappa shape index (κ3) is 4.15. The lowest BCUT2D eigenvalue weighted by Gasteiger charge is -2.26. The Balaban J connectivity index is 1.18. The highest BCUT2D eigenvalue weighted by Crippen LogP contribution is 2.51. The summed E-state index contributed by atoms with van der Waals surface area (Å²) in [5.41, 5.74) is 1.72. The second-order valence-electron chi connectivity index (χ2n) is 9.29. The summed E-state index contributed by atoms with van der Waals surface area (Å²) in [6.45, 7) is 0.193. The van der Waals surface area contributed by atoms with Gasteiger partial charge in [0.25, 0.3) is 0 Å². The monoisotopic (exact) mass is 491 g/mol. The van der Waals surface area contributed by atoms with E-state index in [1.165, 1.54) is 0 Å². The van der Waals surface area contributed by atoms with E-state index in [-0.39, 0.29) is 23.6 Å². The molecule has 2 aromatic carbocycles. The van der Waals surface area contributed by atoms with E-state index in [0.29, 0.717) is 23.0 Å². The highest BCUT2D eigenvalue weighted by atomic mass is 32.2. The van der Waals surface area contributed by atoms with Crippen LogP contribution in [0.3, 0.4) is 0 Å². The van der Waals surface area contributed by atoms with Crippen molar-refractivity contribution in [3.05, 3.63) is 66.2 Å². The second-order valence-corrected chi connectivity index (χ2v) is 11.0. The summed E-state index contributed by atoms with van der Waals surface area (Å²) in [6.07, 6.45) is 4.33. The minimum Gasteiger partial charge on any atom is -0.454 e. The number of anilines is 1. The van der Waals surface area contributed by atoms with E-state index in [9.17, 15) is 13.2 Å². The number of sulfonamides is 1. The van der Waals surface area contributed by atoms with Gasteiger partial charge in [-0.05, 0) is 67.6 Å². The second kappa shape index (κ2) is 8.35. The Morgan fingerprint density at radius 1 is 0.971 bits per heavy atom. The van der Waals surface area contributed by atoms with Gasteiger partial charge in [-0.25, -0.2) is 18.1 Å². The van der Waals surface area contributed by atoms with E-state index in [2.05, 4.69) is 15.0 Å². The Kier molecular flexibility index (Phi) is 5.26. The van der Waals surface area contributed by atoms with Crippen LogP contribution in [0.5, 0.6) is 11.5 Å². The molecular formula is C26H25N3O5S. The molecule has 0 unspecified atom stereocenters. The summed E-state index contributed by atoms with van der Waals surface area (Å²) in [4.78, 5) is 18.1. The van der Waals surface area contributed by atoms with Gasteiger partial charge in [0.2, 0.25) is 22.7 Å². The number of fused-ring (bicyclic) bond motifs is 1. The molecule has 0 atom stereocenters. The molecule has 3 aliphatic rings. The van der Waals surface area contributed by atoms with E-state index in [1.54, 1.807) is 30.3 Å². The zero-order valence-electron chi connectivity index (χ0n) is 19.0. The van der Waals surface area contributed by atoms with Crippen LogP contribution in [0.4, 0.5) is 5.82 Å². The number of aromatic nitrogens is 1. The van der Waals surface area contributed by atoms with Gasteiger partial charge < -0.3 is 14.8 Å². The predicted octanol–water partition coefficient (Wildman–Crippen LogP) is 3.98. The van der Waals surface area contributed by atoms with Gasteiger partial charge in [0.15, 0.2) is 11.5 Å². The molecule has 35 heavy (non-hydrogen) atoms. The van der Waals surface area contributed by atoms with Crippen LogP contribution >= 0.6 is 0 Å². The van der Waals surface area contributed by atoms with Crippen molar-refractivity contribution in [3.8, 4) is 22.8 Å². The summed E-state index contributed by atoms with van der Waals surface area (Å²) in [6, 6.07) is 17.7. The number of amides is 1. The lowest BCUT2D eigenvalue weighted by molar-refractivity contribution is -0.118. The summed E-state index contributed by atoms with van der Waals surface area (Å²) in [7, 11) is -3.53. The highest BCUT2D eigenvalue weighted by molar-refractivity contribution is 7.89. The number of hydrogen-bond acceptors (Lipinski definition) is 6. The third-order valence-electron chi connectivity index (χ3n) is 6.99. The lowest BCUT2D eigenvalue weighted by Crippen LogP contribution is -2.39. The molecule has 0 radical (unpaired) electrons. The van der Waals surface area contributed by atoms with Gasteiger partial charge in [-0.2, -0.15) is 0 Å². The maximum absolute atomic E-state index is 13.2. The number of carbonyl (C=O) groups excluding carboxylic acids is 1. The first-order valence-electron chi connectivity index (χ1n) is 11.7. The topological polar surface area (TPSA) is 107 Å². The molecule has 1 amide bonds. The molecule has 1 aromatic heterocycles. The van der Waals surface area contributed by atoms with Crippen LogP contribution in [-0.2, 0) is 20.2 Å². The van der Waals surface area contributed by atoms with Gasteiger partial charge >= 0.3 is 0 Å². The summed E-state index contributed by atoms with van der Waals surface area (Å²) >= 11 is 0. The van der Waals surface area contributed by atoms with Gasteiger partial charge in [0.05, 0.1) is 16.0 Å². The fourth-order valence-electron chi connectivity index (χ4n) is 4.49. The van der Waals surface area contributed by atoms with Crippen molar-refractivity contribution in [2.75, 3.05) is 12.1 Å². The number of nitrogens with zero attached hydrogens (tertiary/aromatic N) is 1. The molecule has 2 aliphatic carbocycles. The molecule has 0 spiro atoms. The molecule has 2 fully saturated rings. The van der Waals surface area contributed by atoms with Crippen LogP contribution in [0.2, 0.25) is 0 Å². The molecule has 2 N–H and O–H groups in total. The molecule has 8 nitrogen and oxygen atoms in total. The Labute approximate surface area is 203 Å². The molecule has 2 saturated carbocycles. The van der Waals surface area contributed by atoms with Crippen molar-refractivity contribution >= 4 is 21.7 Å². The molecule has 0 saturated heterocycles. The van der Waals surface area contributed by atoms with Crippen molar-refractivity contribution in [2.24, 2.45) is 0 Å². The van der Waals surface area contributed by atoms with Crippen LogP contribution in [0.15, 0.2) is 65.6 Å². The molecule has 2 heterocycles. The van der Waals surface area contributed by atoms with Crippen LogP contribution in [-0.4, -0.2) is 32.1 Å². The highest BCUT2D eigenvalue weighted by Gasteiger charge is 2.51. The Morgan fingerprint density at radius 2 is 1.74 bits per heavy atom. The Hall–Kier alpha value is -3.43. The number of benzene rings is 2. The standard InChI is InChI=1S/C26H25N3O5S/c30-25(26(13-14-26)18-9-12-22-23(15-18)34-16-33-22)28-24-6-2-5-21(27-24)17-7-10-20(11-8-17)35(31,32)29-19-3-1-4-19/h2,5-12,15,19,29H,1,3-4,13-14,16H2,(H,27,28,30). The maximum atomic E-state index is 13.2. The van der Waals surface area contributed by atoms with Crippen molar-refractivity contribution in [2.45, 2.75) is 48.5 Å². The smallest absolute Gasteiger partial charge is 0.240 e. The zero-order chi connectivity index (χ0) is 24.0. The van der Waals surface area contributed by atoms with Crippen LogP contribution in [0.1, 0.15) is 37.7 Å². The molecule has 1 aliphatic heterocycles. The number of carbonyl (C=O) groups is 1. The van der Waals surface area contributed by atoms with E-state index in [0.717, 1.165) is 43.2 Å². The van der Waals surface area contributed by atoms with Crippen molar-refractivity contribution in [1.82, 2.24) is 9.71 Å². The first-order valence-corrected chi connectivity index (χ1v) is 13.2. The van der Waals surface area contributed by atoms with Gasteiger partial charge in [0, 0.05) is 11.6 Å². The van der Waals surface area contributed by atoms with Gasteiger partial charge in [-0.1, -0.05) is 30.7 Å². The Morgan fingerprint density at radius 3 is 2.46 bits per heavy atom. The van der Waals surface area contributed by atoms with E-state index >= 15 is 0 Å². The average Bonchev–Trinajstić information content (AvgIpc) is 3.53. The van der Waals surface area contributed by atoms with Crippen molar-refractivity contribution in [1.29, 1.82) is 0 Å². The normalized spacial score (nSPS) is 18.1. The zero-order valence-corrected chi connectivity index (χ0v) is 19.8. The molecule has 180 valence electrons. The van der Waals surface area contributed by atoms with Crippen LogP contribution < -0.4 is 19.5 Å². The number of rotatable bonds is 7. The van der Waals surface area contributed by atoms with E-state index in [1.807, 2.05) is 30.3 Å². The fourth-order valence-corrected chi connectivity index (χ4v) is 5.79. The third-order valence-corrected chi connectivity index (χ3v) is 8.52. The van der Waals surface area contributed by atoms with E-state index in [4.69, 9.17) is 9.47 Å². The number of hydrogen-bond donors (Lipinski definition) is 2. The van der Waals surface area contributed by atoms with Crippen molar-refractivity contribution < 1.29 is 22.7 Å². The molecule has 6 rings (SSSR count). The summed E-state index contributed by atoms with van der Waals surface area (Å²) < 4.78 is 38.7. The van der Waals surface area contributed by atoms with Gasteiger partial charge in [0.1, 0.15) is 5.82 Å². The molecular weight excluding hydrogens is 466 g/mol. The largest absolute Gasteiger partial charge is 0.454 e. The Bertz CT molecular complexity index is 1400. The van der Waals surface area contributed by atoms with Crippen molar-refractivity contribution in [3.63, 3.8) is 0 Å². The number of nitrogens with one attached hydrogen (secondary N) is 2. The SMILES string of the molecule is O=C(Nc1cccc(-c2ccc(S(=O)(=O)NC3CCC3)cc2)n1)C1(c2ccc3c(c2)OCO3)CC1. The average molecular weight is 492 g/mol. The first kappa shape index (κ1) is 22.1. The predicted molar refractivity (Wildman–Crippen MR) is 130 cm³/mol. The number of ether oxygens (including phenoxy) is 2. The maximum Gasteiger partial charge on any atom is 0.240 e. The van der Waals surface area contributed by atoms with Crippen LogP contribution in [0, 0.1) is 0 Å². The lowest BCUT2D eigenvalue weighted by atomic mass is 9.94. The van der Waals surface area contributed by atoms with Gasteiger partial charge in [-0.3, -0.25) is 4.79 Å². The quantitative estimate of drug-likeness (QED) is 0.518. The molecule has 9 heteroatoms.